The lowest BCUT2D eigenvalue weighted by molar-refractivity contribution is -0.127. The molecule has 14 heteroatoms. The summed E-state index contributed by atoms with van der Waals surface area (Å²) in [5.41, 5.74) is 6.59. The normalized spacial score (nSPS) is 15.1. The van der Waals surface area contributed by atoms with Gasteiger partial charge in [0.25, 0.3) is 0 Å². The van der Waals surface area contributed by atoms with E-state index in [0.717, 1.165) is 22.9 Å². The van der Waals surface area contributed by atoms with Gasteiger partial charge in [0.15, 0.2) is 0 Å². The number of aromatic nitrogens is 1. The minimum absolute atomic E-state index is 0.0136. The van der Waals surface area contributed by atoms with Crippen molar-refractivity contribution in [1.82, 2.24) is 19.9 Å². The number of hydrazone groups is 1. The molecule has 39 heavy (non-hydrogen) atoms. The van der Waals surface area contributed by atoms with Crippen molar-refractivity contribution < 1.29 is 26.6 Å². The molecule has 9 nitrogen and oxygen atoms in total. The van der Waals surface area contributed by atoms with Crippen LogP contribution >= 0.6 is 12.1 Å². The molecule has 1 aromatic carbocycles. The fourth-order valence-electron chi connectivity index (χ4n) is 3.91. The highest BCUT2D eigenvalue weighted by molar-refractivity contribution is 7.94. The molecule has 0 unspecified atom stereocenters. The van der Waals surface area contributed by atoms with Gasteiger partial charge in [0, 0.05) is 44.4 Å². The highest BCUT2D eigenvalue weighted by Gasteiger charge is 2.34. The number of hydrogen-bond donors (Lipinski definition) is 2. The van der Waals surface area contributed by atoms with Crippen LogP contribution in [0.2, 0.25) is 0 Å². The van der Waals surface area contributed by atoms with Gasteiger partial charge in [-0.3, -0.25) is 14.7 Å². The number of hydrazine groups is 1. The van der Waals surface area contributed by atoms with Crippen molar-refractivity contribution in [2.45, 2.75) is 25.3 Å². The first-order valence-electron chi connectivity index (χ1n) is 12.1. The first-order valence-corrected chi connectivity index (χ1v) is 12.8. The third kappa shape index (κ3) is 9.11. The third-order valence-corrected chi connectivity index (χ3v) is 6.24. The molecule has 0 atom stereocenters. The Hall–Kier alpha value is -3.36. The Kier molecular flexibility index (Phi) is 10.9. The van der Waals surface area contributed by atoms with Crippen LogP contribution in [0.15, 0.2) is 47.7 Å². The maximum atomic E-state index is 13.9. The summed E-state index contributed by atoms with van der Waals surface area (Å²) < 4.78 is 58.1. The van der Waals surface area contributed by atoms with Crippen LogP contribution in [0.25, 0.3) is 6.08 Å². The Labute approximate surface area is 228 Å². The molecular formula is C25H31F4N7O2S. The molecule has 1 aliphatic heterocycles. The van der Waals surface area contributed by atoms with Crippen molar-refractivity contribution in [3.8, 4) is 5.75 Å². The second kappa shape index (κ2) is 14.1. The predicted molar refractivity (Wildman–Crippen MR) is 143 cm³/mol. The molecule has 1 fully saturated rings. The number of halogens is 4. The molecule has 2 aromatic rings. The summed E-state index contributed by atoms with van der Waals surface area (Å²) in [5.74, 6) is 6.25. The number of benzene rings is 1. The van der Waals surface area contributed by atoms with Gasteiger partial charge in [-0.25, -0.2) is 15.4 Å². The number of alkyl halides is 3. The first kappa shape index (κ1) is 30.2. The lowest BCUT2D eigenvalue weighted by atomic mass is 10.0. The largest absolute Gasteiger partial charge is 0.489 e. The molecule has 0 bridgehead atoms. The number of ether oxygens (including phenoxy) is 1. The van der Waals surface area contributed by atoms with Gasteiger partial charge in [-0.1, -0.05) is 12.1 Å². The number of amidine groups is 1. The van der Waals surface area contributed by atoms with E-state index in [4.69, 9.17) is 16.3 Å². The Morgan fingerprint density at radius 2 is 2.00 bits per heavy atom. The molecule has 0 aliphatic carbocycles. The van der Waals surface area contributed by atoms with Crippen LogP contribution in [0.4, 0.5) is 17.1 Å². The third-order valence-electron chi connectivity index (χ3n) is 5.81. The highest BCUT2D eigenvalue weighted by atomic mass is 32.2. The zero-order chi connectivity index (χ0) is 28.4. The summed E-state index contributed by atoms with van der Waals surface area (Å²) in [6.45, 7) is 3.69. The number of amides is 1. The van der Waals surface area contributed by atoms with Gasteiger partial charge in [0.05, 0.1) is 18.4 Å². The minimum Gasteiger partial charge on any atom is -0.489 e. The number of nitrogens with two attached hydrogens (primary N) is 2. The van der Waals surface area contributed by atoms with E-state index in [0.29, 0.717) is 49.6 Å². The summed E-state index contributed by atoms with van der Waals surface area (Å²) in [4.78, 5) is 21.0. The van der Waals surface area contributed by atoms with Crippen LogP contribution in [0.3, 0.4) is 0 Å². The van der Waals surface area contributed by atoms with Crippen molar-refractivity contribution in [1.29, 1.82) is 0 Å². The Balaban J connectivity index is 1.62. The molecule has 1 amide bonds. The van der Waals surface area contributed by atoms with Crippen LogP contribution in [-0.2, 0) is 23.1 Å². The van der Waals surface area contributed by atoms with Crippen LogP contribution in [0.5, 0.6) is 5.75 Å². The fraction of sp³-hybridized carbons (Fsp3) is 0.400. The molecule has 2 heterocycles. The van der Waals surface area contributed by atoms with Gasteiger partial charge in [0.2, 0.25) is 5.91 Å². The fourth-order valence-corrected chi connectivity index (χ4v) is 4.13. The molecule has 3 rings (SSSR count). The molecular weight excluding hydrogens is 538 g/mol. The van der Waals surface area contributed by atoms with Crippen LogP contribution in [-0.4, -0.2) is 71.1 Å². The zero-order valence-electron chi connectivity index (χ0n) is 21.4. The lowest BCUT2D eigenvalue weighted by Gasteiger charge is -2.34. The predicted octanol–water partition coefficient (Wildman–Crippen LogP) is 3.42. The van der Waals surface area contributed by atoms with E-state index in [1.807, 2.05) is 6.07 Å². The van der Waals surface area contributed by atoms with Crippen LogP contribution in [0.1, 0.15) is 29.3 Å². The number of rotatable bonds is 12. The van der Waals surface area contributed by atoms with E-state index in [9.17, 15) is 21.9 Å². The van der Waals surface area contributed by atoms with Crippen LogP contribution in [0, 0.1) is 0 Å². The Morgan fingerprint density at radius 3 is 2.62 bits per heavy atom. The highest BCUT2D eigenvalue weighted by Crippen LogP contribution is 2.41. The summed E-state index contributed by atoms with van der Waals surface area (Å²) in [5, 5.41) is 1.10. The van der Waals surface area contributed by atoms with Crippen molar-refractivity contribution >= 4 is 30.0 Å². The number of carbonyl (C=O) groups excluding carboxylic acids is 1. The summed E-state index contributed by atoms with van der Waals surface area (Å²) in [6.07, 6.45) is 4.44. The van der Waals surface area contributed by atoms with E-state index >= 15 is 0 Å². The van der Waals surface area contributed by atoms with E-state index in [2.05, 4.69) is 15.0 Å². The maximum Gasteiger partial charge on any atom is 0.348 e. The molecule has 0 radical (unpaired) electrons. The second-order valence-electron chi connectivity index (χ2n) is 8.80. The number of nitrogens with zero attached hydrogens (tertiary/aromatic N) is 5. The first-order chi connectivity index (χ1) is 18.6. The number of hydrogen-bond acceptors (Lipinski definition) is 8. The molecule has 212 valence electrons. The van der Waals surface area contributed by atoms with E-state index in [-0.39, 0.29) is 24.9 Å². The summed E-state index contributed by atoms with van der Waals surface area (Å²) in [6, 6.07) is 7.18. The molecule has 1 saturated heterocycles. The quantitative estimate of drug-likeness (QED) is 0.0999. The van der Waals surface area contributed by atoms with Gasteiger partial charge in [0.1, 0.15) is 37.0 Å². The van der Waals surface area contributed by atoms with Gasteiger partial charge in [-0.15, -0.1) is 5.10 Å². The van der Waals surface area contributed by atoms with Crippen molar-refractivity contribution in [2.75, 3.05) is 39.5 Å². The van der Waals surface area contributed by atoms with Crippen molar-refractivity contribution in [3.63, 3.8) is 0 Å². The summed E-state index contributed by atoms with van der Waals surface area (Å²) in [7, 11) is 0. The SMILES string of the molecule is C/C(N)=N/N(N)Cc1cc(C(F)(F)SF)ccc1/C=C/C(=O)N1CCN(Cc2ccc(OCCF)cn2)CC1. The lowest BCUT2D eigenvalue weighted by Crippen LogP contribution is -2.47. The van der Waals surface area contributed by atoms with Crippen molar-refractivity contribution in [3.05, 3.63) is 65.0 Å². The monoisotopic (exact) mass is 569 g/mol. The Morgan fingerprint density at radius 1 is 1.26 bits per heavy atom. The molecule has 4 N–H and O–H groups in total. The average Bonchev–Trinajstić information content (AvgIpc) is 2.91. The summed E-state index contributed by atoms with van der Waals surface area (Å²) >= 11 is -1.07. The van der Waals surface area contributed by atoms with E-state index < -0.39 is 29.6 Å². The molecule has 1 aliphatic rings. The van der Waals surface area contributed by atoms with E-state index in [1.165, 1.54) is 25.1 Å². The zero-order valence-corrected chi connectivity index (χ0v) is 22.2. The van der Waals surface area contributed by atoms with E-state index in [1.54, 1.807) is 17.2 Å². The van der Waals surface area contributed by atoms with Gasteiger partial charge >= 0.3 is 5.25 Å². The number of pyridine rings is 1. The average molecular weight is 570 g/mol. The molecule has 1 aromatic heterocycles. The van der Waals surface area contributed by atoms with Crippen molar-refractivity contribution in [2.24, 2.45) is 16.7 Å². The molecule has 0 spiro atoms. The minimum atomic E-state index is -3.74. The van der Waals surface area contributed by atoms with Crippen LogP contribution < -0.4 is 16.3 Å². The Bertz CT molecular complexity index is 1160. The maximum absolute atomic E-state index is 13.9. The smallest absolute Gasteiger partial charge is 0.348 e. The second-order valence-corrected chi connectivity index (χ2v) is 9.47. The van der Waals surface area contributed by atoms with Gasteiger partial charge < -0.3 is 15.4 Å². The van der Waals surface area contributed by atoms with Gasteiger partial charge in [-0.05, 0) is 42.3 Å². The number of carbonyl (C=O) groups is 1. The molecule has 0 saturated carbocycles. The number of piperazine rings is 1. The standard InChI is InChI=1S/C25H31F4N7O2S/c1-18(30)33-36(31)16-20-14-21(25(27,28)39-29)4-2-19(20)3-7-24(37)35-11-9-34(10-12-35)17-22-5-6-23(15-32-22)38-13-8-26/h2-7,14-15H,8-13,16-17,31H2,1H3,(H2,30,33)/b7-3+. The van der Waals surface area contributed by atoms with Gasteiger partial charge in [-0.2, -0.15) is 12.7 Å². The topological polar surface area (TPSA) is 113 Å².